The number of halogens is 2. The maximum Gasteiger partial charge on any atom is 0.264 e. The molecule has 0 saturated heterocycles. The van der Waals surface area contributed by atoms with Crippen LogP contribution < -0.4 is 9.62 Å². The van der Waals surface area contributed by atoms with Gasteiger partial charge in [-0.2, -0.15) is 0 Å². The van der Waals surface area contributed by atoms with Gasteiger partial charge < -0.3 is 10.2 Å². The molecule has 0 bridgehead atoms. The van der Waals surface area contributed by atoms with Gasteiger partial charge in [-0.1, -0.05) is 107 Å². The van der Waals surface area contributed by atoms with E-state index in [1.165, 1.54) is 17.0 Å². The van der Waals surface area contributed by atoms with Gasteiger partial charge in [0.2, 0.25) is 11.8 Å². The maximum atomic E-state index is 14.7. The van der Waals surface area contributed by atoms with E-state index in [0.717, 1.165) is 45.6 Å². The van der Waals surface area contributed by atoms with Crippen molar-refractivity contribution in [3.05, 3.63) is 129 Å². The molecule has 4 aromatic rings. The van der Waals surface area contributed by atoms with Crippen LogP contribution in [0.1, 0.15) is 42.4 Å². The Balaban J connectivity index is 1.58. The molecule has 0 heterocycles. The number of amides is 2. The topological polar surface area (TPSA) is 86.8 Å². The predicted molar refractivity (Wildman–Crippen MR) is 186 cm³/mol. The molecule has 0 aromatic heterocycles. The van der Waals surface area contributed by atoms with Crippen LogP contribution in [-0.2, 0) is 32.6 Å². The molecule has 1 N–H and O–H groups in total. The summed E-state index contributed by atoms with van der Waals surface area (Å²) in [7, 11) is -4.21. The standard InChI is InChI=1S/C36H37BrClN3O4S/c1-26-19-20-30(38)23-33(26)41(46(44,45)32-17-6-3-7-18-32)25-35(42)40(24-28-13-10-14-29(37)21-28)34(22-27-11-4-2-5-12-27)36(43)39-31-15-8-9-16-31/h2-7,10-14,17-21,23,31,34H,8-9,15-16,22,24-25H2,1H3,(H,39,43)/t34-/m0/s1. The highest BCUT2D eigenvalue weighted by molar-refractivity contribution is 9.10. The van der Waals surface area contributed by atoms with Crippen molar-refractivity contribution in [1.29, 1.82) is 0 Å². The Labute approximate surface area is 284 Å². The van der Waals surface area contributed by atoms with E-state index >= 15 is 0 Å². The minimum atomic E-state index is -4.21. The molecule has 1 fully saturated rings. The van der Waals surface area contributed by atoms with E-state index in [0.29, 0.717) is 16.3 Å². The van der Waals surface area contributed by atoms with Crippen LogP contribution in [0.5, 0.6) is 0 Å². The lowest BCUT2D eigenvalue weighted by molar-refractivity contribution is -0.140. The Bertz CT molecular complexity index is 1770. The molecular formula is C36H37BrClN3O4S. The zero-order chi connectivity index (χ0) is 32.7. The summed E-state index contributed by atoms with van der Waals surface area (Å²) in [5, 5.41) is 3.54. The summed E-state index contributed by atoms with van der Waals surface area (Å²) in [5.74, 6) is -0.767. The van der Waals surface area contributed by atoms with Gasteiger partial charge in [0.1, 0.15) is 12.6 Å². The number of aryl methyl sites for hydroxylation is 1. The highest BCUT2D eigenvalue weighted by atomic mass is 79.9. The largest absolute Gasteiger partial charge is 0.352 e. The van der Waals surface area contributed by atoms with Crippen LogP contribution in [0.2, 0.25) is 5.02 Å². The van der Waals surface area contributed by atoms with Gasteiger partial charge in [0, 0.05) is 28.5 Å². The van der Waals surface area contributed by atoms with Crippen LogP contribution >= 0.6 is 27.5 Å². The third-order valence-electron chi connectivity index (χ3n) is 8.26. The van der Waals surface area contributed by atoms with E-state index in [2.05, 4.69) is 21.2 Å². The Morgan fingerprint density at radius 1 is 0.891 bits per heavy atom. The van der Waals surface area contributed by atoms with Crippen molar-refractivity contribution in [1.82, 2.24) is 10.2 Å². The van der Waals surface area contributed by atoms with Crippen LogP contribution in [0.25, 0.3) is 0 Å². The highest BCUT2D eigenvalue weighted by Crippen LogP contribution is 2.30. The van der Waals surface area contributed by atoms with Crippen molar-refractivity contribution in [2.45, 2.75) is 62.6 Å². The molecule has 240 valence electrons. The van der Waals surface area contributed by atoms with Gasteiger partial charge in [-0.25, -0.2) is 8.42 Å². The Hall–Kier alpha value is -3.66. The van der Waals surface area contributed by atoms with E-state index in [-0.39, 0.29) is 29.8 Å². The fourth-order valence-electron chi connectivity index (χ4n) is 5.84. The van der Waals surface area contributed by atoms with Crippen molar-refractivity contribution >= 4 is 55.1 Å². The number of sulfonamides is 1. The summed E-state index contributed by atoms with van der Waals surface area (Å²) in [5.41, 5.74) is 2.61. The molecule has 7 nitrogen and oxygen atoms in total. The van der Waals surface area contributed by atoms with E-state index in [4.69, 9.17) is 11.6 Å². The molecular weight excluding hydrogens is 686 g/mol. The molecule has 46 heavy (non-hydrogen) atoms. The van der Waals surface area contributed by atoms with Gasteiger partial charge >= 0.3 is 0 Å². The van der Waals surface area contributed by atoms with E-state index in [1.54, 1.807) is 43.3 Å². The van der Waals surface area contributed by atoms with Gasteiger partial charge in [0.05, 0.1) is 10.6 Å². The molecule has 1 saturated carbocycles. The number of hydrogen-bond donors (Lipinski definition) is 1. The fourth-order valence-corrected chi connectivity index (χ4v) is 7.94. The predicted octanol–water partition coefficient (Wildman–Crippen LogP) is 7.31. The molecule has 1 atom stereocenters. The molecule has 1 aliphatic rings. The van der Waals surface area contributed by atoms with Crippen molar-refractivity contribution in [3.63, 3.8) is 0 Å². The Morgan fingerprint density at radius 3 is 2.22 bits per heavy atom. The first-order valence-electron chi connectivity index (χ1n) is 15.3. The van der Waals surface area contributed by atoms with Crippen LogP contribution in [-0.4, -0.2) is 43.8 Å². The van der Waals surface area contributed by atoms with Crippen molar-refractivity contribution in [2.75, 3.05) is 10.8 Å². The van der Waals surface area contributed by atoms with Crippen LogP contribution in [0, 0.1) is 6.92 Å². The number of hydrogen-bond acceptors (Lipinski definition) is 4. The zero-order valence-electron chi connectivity index (χ0n) is 25.6. The highest BCUT2D eigenvalue weighted by Gasteiger charge is 2.36. The molecule has 0 unspecified atom stereocenters. The molecule has 0 aliphatic heterocycles. The second-order valence-corrected chi connectivity index (χ2v) is 14.8. The fraction of sp³-hybridized carbons (Fsp3) is 0.278. The first-order chi connectivity index (χ1) is 22.1. The van der Waals surface area contributed by atoms with Gasteiger partial charge in [0.15, 0.2) is 0 Å². The summed E-state index contributed by atoms with van der Waals surface area (Å²) in [6.07, 6.45) is 4.13. The summed E-state index contributed by atoms with van der Waals surface area (Å²) >= 11 is 9.89. The normalized spacial score (nSPS) is 14.1. The molecule has 4 aromatic carbocycles. The quantitative estimate of drug-likeness (QED) is 0.166. The lowest BCUT2D eigenvalue weighted by Gasteiger charge is -2.34. The third-order valence-corrected chi connectivity index (χ3v) is 10.8. The monoisotopic (exact) mass is 721 g/mol. The summed E-state index contributed by atoms with van der Waals surface area (Å²) in [4.78, 5) is 30.3. The number of carbonyl (C=O) groups is 2. The number of anilines is 1. The average Bonchev–Trinajstić information content (AvgIpc) is 3.56. The zero-order valence-corrected chi connectivity index (χ0v) is 28.8. The lowest BCUT2D eigenvalue weighted by Crippen LogP contribution is -2.54. The second kappa shape index (κ2) is 15.3. The van der Waals surface area contributed by atoms with Crippen molar-refractivity contribution in [2.24, 2.45) is 0 Å². The van der Waals surface area contributed by atoms with Gasteiger partial charge in [-0.15, -0.1) is 0 Å². The van der Waals surface area contributed by atoms with Crippen LogP contribution in [0.3, 0.4) is 0 Å². The number of benzene rings is 4. The average molecular weight is 723 g/mol. The Kier molecular flexibility index (Phi) is 11.2. The molecule has 1 aliphatic carbocycles. The van der Waals surface area contributed by atoms with Crippen molar-refractivity contribution in [3.8, 4) is 0 Å². The molecule has 0 radical (unpaired) electrons. The molecule has 5 rings (SSSR count). The molecule has 10 heteroatoms. The number of nitrogens with one attached hydrogen (secondary N) is 1. The first-order valence-corrected chi connectivity index (χ1v) is 17.9. The summed E-state index contributed by atoms with van der Waals surface area (Å²) in [6.45, 7) is 1.34. The Morgan fingerprint density at radius 2 is 1.54 bits per heavy atom. The SMILES string of the molecule is Cc1ccc(Cl)cc1N(CC(=O)N(Cc1cccc(Br)c1)[C@@H](Cc1ccccc1)C(=O)NC1CCCC1)S(=O)(=O)c1ccccc1. The van der Waals surface area contributed by atoms with Gasteiger partial charge in [-0.05, 0) is 72.9 Å². The maximum absolute atomic E-state index is 14.7. The van der Waals surface area contributed by atoms with Crippen LogP contribution in [0.15, 0.2) is 112 Å². The minimum absolute atomic E-state index is 0.0395. The van der Waals surface area contributed by atoms with Crippen LogP contribution in [0.4, 0.5) is 5.69 Å². The second-order valence-electron chi connectivity index (χ2n) is 11.6. The third kappa shape index (κ3) is 8.37. The van der Waals surface area contributed by atoms with Gasteiger partial charge in [-0.3, -0.25) is 13.9 Å². The number of rotatable bonds is 12. The molecule has 2 amide bonds. The van der Waals surface area contributed by atoms with Crippen molar-refractivity contribution < 1.29 is 18.0 Å². The summed E-state index contributed by atoms with van der Waals surface area (Å²) in [6, 6.07) is 29.2. The number of carbonyl (C=O) groups excluding carboxylic acids is 2. The van der Waals surface area contributed by atoms with E-state index in [1.807, 2.05) is 54.6 Å². The summed E-state index contributed by atoms with van der Waals surface area (Å²) < 4.78 is 30.4. The van der Waals surface area contributed by atoms with Gasteiger partial charge in [0.25, 0.3) is 10.0 Å². The molecule has 0 spiro atoms. The van der Waals surface area contributed by atoms with E-state index < -0.39 is 28.5 Å². The smallest absolute Gasteiger partial charge is 0.264 e. The first kappa shape index (κ1) is 33.7. The minimum Gasteiger partial charge on any atom is -0.352 e. The number of nitrogens with zero attached hydrogens (tertiary/aromatic N) is 2. The van der Waals surface area contributed by atoms with E-state index in [9.17, 15) is 18.0 Å². The lowest BCUT2D eigenvalue weighted by atomic mass is 10.0.